The number of pyridine rings is 1. The Morgan fingerprint density at radius 3 is 2.85 bits per heavy atom. The predicted molar refractivity (Wildman–Crippen MR) is 84.9 cm³/mol. The van der Waals surface area contributed by atoms with Crippen molar-refractivity contribution in [3.63, 3.8) is 0 Å². The van der Waals surface area contributed by atoms with Gasteiger partial charge in [-0.05, 0) is 38.9 Å². The Hall–Kier alpha value is -1.81. The molecule has 0 radical (unpaired) electrons. The van der Waals surface area contributed by atoms with Crippen LogP contribution in [0.25, 0.3) is 10.9 Å². The fourth-order valence-corrected chi connectivity index (χ4v) is 2.96. The molecule has 2 aromatic rings. The topological polar surface area (TPSA) is 54.2 Å². The van der Waals surface area contributed by atoms with Crippen LogP contribution in [0.1, 0.15) is 19.8 Å². The van der Waals surface area contributed by atoms with Crippen molar-refractivity contribution in [3.05, 3.63) is 30.5 Å². The normalized spacial score (nSPS) is 17.4. The maximum Gasteiger partial charge on any atom is 0.0743 e. The van der Waals surface area contributed by atoms with Crippen LogP contribution in [-0.4, -0.2) is 35.6 Å². The Kier molecular flexibility index (Phi) is 3.74. The van der Waals surface area contributed by atoms with Gasteiger partial charge in [-0.25, -0.2) is 0 Å². The van der Waals surface area contributed by atoms with Crippen LogP contribution in [0.15, 0.2) is 30.5 Å². The number of rotatable bonds is 4. The monoisotopic (exact) mass is 270 g/mol. The molecule has 1 aromatic heterocycles. The van der Waals surface area contributed by atoms with Crippen LogP contribution in [0.3, 0.4) is 0 Å². The van der Waals surface area contributed by atoms with Gasteiger partial charge < -0.3 is 16.0 Å². The smallest absolute Gasteiger partial charge is 0.0743 e. The quantitative estimate of drug-likeness (QED) is 0.897. The van der Waals surface area contributed by atoms with E-state index in [2.05, 4.69) is 28.2 Å². The summed E-state index contributed by atoms with van der Waals surface area (Å²) in [4.78, 5) is 6.89. The Balaban J connectivity index is 1.80. The van der Waals surface area contributed by atoms with Crippen LogP contribution in [0.4, 0.5) is 11.4 Å². The van der Waals surface area contributed by atoms with E-state index >= 15 is 0 Å². The maximum atomic E-state index is 6.10. The summed E-state index contributed by atoms with van der Waals surface area (Å²) >= 11 is 0. The molecule has 1 fully saturated rings. The molecule has 1 unspecified atom stereocenters. The molecule has 0 bridgehead atoms. The largest absolute Gasteiger partial charge is 0.396 e. The number of para-hydroxylation sites is 1. The highest BCUT2D eigenvalue weighted by molar-refractivity contribution is 5.96. The summed E-state index contributed by atoms with van der Waals surface area (Å²) in [5.74, 6) is 0. The second-order valence-electron chi connectivity index (χ2n) is 5.66. The number of hydrogen-bond donors (Lipinski definition) is 2. The third-order valence-corrected chi connectivity index (χ3v) is 3.93. The number of fused-ring (bicyclic) bond motifs is 1. The summed E-state index contributed by atoms with van der Waals surface area (Å²) in [5.41, 5.74) is 8.82. The highest BCUT2D eigenvalue weighted by Crippen LogP contribution is 2.28. The molecule has 2 heterocycles. The van der Waals surface area contributed by atoms with Crippen molar-refractivity contribution in [2.24, 2.45) is 0 Å². The van der Waals surface area contributed by atoms with Gasteiger partial charge in [-0.2, -0.15) is 0 Å². The van der Waals surface area contributed by atoms with E-state index in [0.29, 0.717) is 6.04 Å². The zero-order chi connectivity index (χ0) is 13.9. The molecule has 0 spiro atoms. The molecule has 4 heteroatoms. The average Bonchev–Trinajstić information content (AvgIpc) is 2.95. The third kappa shape index (κ3) is 2.70. The van der Waals surface area contributed by atoms with Crippen molar-refractivity contribution in [2.45, 2.75) is 25.8 Å². The first-order valence-electron chi connectivity index (χ1n) is 7.36. The Morgan fingerprint density at radius 2 is 2.05 bits per heavy atom. The van der Waals surface area contributed by atoms with Gasteiger partial charge in [0, 0.05) is 18.0 Å². The molecule has 1 aliphatic heterocycles. The molecule has 1 aromatic carbocycles. The molecule has 0 aliphatic carbocycles. The number of benzene rings is 1. The minimum absolute atomic E-state index is 0.376. The van der Waals surface area contributed by atoms with E-state index < -0.39 is 0 Å². The second-order valence-corrected chi connectivity index (χ2v) is 5.66. The lowest BCUT2D eigenvalue weighted by Gasteiger charge is -2.23. The highest BCUT2D eigenvalue weighted by Gasteiger charge is 2.16. The van der Waals surface area contributed by atoms with Crippen molar-refractivity contribution >= 4 is 22.3 Å². The van der Waals surface area contributed by atoms with Crippen LogP contribution in [0.2, 0.25) is 0 Å². The molecule has 106 valence electrons. The molecule has 20 heavy (non-hydrogen) atoms. The van der Waals surface area contributed by atoms with Crippen LogP contribution in [-0.2, 0) is 0 Å². The zero-order valence-corrected chi connectivity index (χ0v) is 12.0. The molecular weight excluding hydrogens is 248 g/mol. The lowest BCUT2D eigenvalue weighted by molar-refractivity contribution is 0.328. The summed E-state index contributed by atoms with van der Waals surface area (Å²) in [6.45, 7) is 5.72. The summed E-state index contributed by atoms with van der Waals surface area (Å²) in [5, 5.41) is 4.67. The van der Waals surface area contributed by atoms with Gasteiger partial charge in [-0.3, -0.25) is 4.98 Å². The number of aromatic nitrogens is 1. The molecule has 0 amide bonds. The summed E-state index contributed by atoms with van der Waals surface area (Å²) in [6, 6.07) is 8.50. The van der Waals surface area contributed by atoms with Crippen LogP contribution < -0.4 is 11.1 Å². The van der Waals surface area contributed by atoms with Crippen molar-refractivity contribution in [1.82, 2.24) is 9.88 Å². The highest BCUT2D eigenvalue weighted by atomic mass is 15.2. The fourth-order valence-electron chi connectivity index (χ4n) is 2.96. The number of nitrogen functional groups attached to an aromatic ring is 1. The molecule has 3 N–H and O–H groups in total. The predicted octanol–water partition coefficient (Wildman–Crippen LogP) is 2.71. The maximum absolute atomic E-state index is 6.10. The Bertz CT molecular complexity index is 590. The molecule has 4 nitrogen and oxygen atoms in total. The van der Waals surface area contributed by atoms with Crippen molar-refractivity contribution in [2.75, 3.05) is 30.7 Å². The summed E-state index contributed by atoms with van der Waals surface area (Å²) in [7, 11) is 0. The first-order valence-corrected chi connectivity index (χ1v) is 7.36. The SMILES string of the molecule is CC(CN1CCCC1)Nc1c(N)cnc2ccccc12. The van der Waals surface area contributed by atoms with Crippen molar-refractivity contribution in [1.29, 1.82) is 0 Å². The number of hydrogen-bond acceptors (Lipinski definition) is 4. The number of anilines is 2. The Labute approximate surface area is 120 Å². The van der Waals surface area contributed by atoms with Gasteiger partial charge in [0.2, 0.25) is 0 Å². The number of nitrogens with two attached hydrogens (primary N) is 1. The minimum atomic E-state index is 0.376. The van der Waals surface area contributed by atoms with Gasteiger partial charge >= 0.3 is 0 Å². The van der Waals surface area contributed by atoms with Gasteiger partial charge in [0.15, 0.2) is 0 Å². The van der Waals surface area contributed by atoms with E-state index in [1.165, 1.54) is 25.9 Å². The van der Waals surface area contributed by atoms with Crippen molar-refractivity contribution < 1.29 is 0 Å². The van der Waals surface area contributed by atoms with Gasteiger partial charge in [0.25, 0.3) is 0 Å². The first-order chi connectivity index (χ1) is 9.74. The number of nitrogens with one attached hydrogen (secondary N) is 1. The lowest BCUT2D eigenvalue weighted by Crippen LogP contribution is -2.33. The molecule has 0 saturated carbocycles. The summed E-state index contributed by atoms with van der Waals surface area (Å²) < 4.78 is 0. The van der Waals surface area contributed by atoms with Gasteiger partial charge in [-0.15, -0.1) is 0 Å². The van der Waals surface area contributed by atoms with E-state index in [1.807, 2.05) is 18.2 Å². The first kappa shape index (κ1) is 13.2. The summed E-state index contributed by atoms with van der Waals surface area (Å²) in [6.07, 6.45) is 4.40. The lowest BCUT2D eigenvalue weighted by atomic mass is 10.1. The van der Waals surface area contributed by atoms with E-state index in [9.17, 15) is 0 Å². The average molecular weight is 270 g/mol. The van der Waals surface area contributed by atoms with Gasteiger partial charge in [0.05, 0.1) is 23.1 Å². The molecule has 1 atom stereocenters. The van der Waals surface area contributed by atoms with E-state index in [-0.39, 0.29) is 0 Å². The van der Waals surface area contributed by atoms with Crippen LogP contribution >= 0.6 is 0 Å². The second kappa shape index (κ2) is 5.67. The van der Waals surface area contributed by atoms with Crippen molar-refractivity contribution in [3.8, 4) is 0 Å². The molecule has 3 rings (SSSR count). The zero-order valence-electron chi connectivity index (χ0n) is 12.0. The van der Waals surface area contributed by atoms with Gasteiger partial charge in [-0.1, -0.05) is 18.2 Å². The molecule has 1 saturated heterocycles. The third-order valence-electron chi connectivity index (χ3n) is 3.93. The van der Waals surface area contributed by atoms with Gasteiger partial charge in [0.1, 0.15) is 0 Å². The van der Waals surface area contributed by atoms with E-state index in [0.717, 1.165) is 28.8 Å². The van der Waals surface area contributed by atoms with E-state index in [1.54, 1.807) is 6.20 Å². The van der Waals surface area contributed by atoms with E-state index in [4.69, 9.17) is 5.73 Å². The van der Waals surface area contributed by atoms with Crippen LogP contribution in [0, 0.1) is 0 Å². The number of nitrogens with zero attached hydrogens (tertiary/aromatic N) is 2. The standard InChI is InChI=1S/C16H22N4/c1-12(11-20-8-4-5-9-20)19-16-13-6-2-3-7-15(13)18-10-14(16)17/h2-3,6-7,10,12H,4-5,8-9,11,17H2,1H3,(H,18,19). The number of likely N-dealkylation sites (tertiary alicyclic amines) is 1. The molecular formula is C16H22N4. The Morgan fingerprint density at radius 1 is 1.30 bits per heavy atom. The van der Waals surface area contributed by atoms with Crippen LogP contribution in [0.5, 0.6) is 0 Å². The fraction of sp³-hybridized carbons (Fsp3) is 0.438. The molecule has 1 aliphatic rings. The minimum Gasteiger partial charge on any atom is -0.396 e.